The Hall–Kier alpha value is -2.24. The van der Waals surface area contributed by atoms with Gasteiger partial charge in [0.15, 0.2) is 0 Å². The van der Waals surface area contributed by atoms with Crippen molar-refractivity contribution in [1.82, 2.24) is 10.2 Å². The summed E-state index contributed by atoms with van der Waals surface area (Å²) < 4.78 is 4.96. The van der Waals surface area contributed by atoms with Crippen molar-refractivity contribution in [2.75, 3.05) is 26.7 Å². The zero-order valence-corrected chi connectivity index (χ0v) is 12.1. The molecule has 114 valence electrons. The fourth-order valence-corrected chi connectivity index (χ4v) is 2.33. The minimum atomic E-state index is -0.399. The molecular weight excluding hydrogens is 272 g/mol. The Kier molecular flexibility index (Phi) is 5.03. The topological polar surface area (TPSA) is 78.9 Å². The molecule has 0 aromatic heterocycles. The second-order valence-electron chi connectivity index (χ2n) is 4.98. The number of carbonyl (C=O) groups is 2. The number of hydrogen-bond acceptors (Lipinski definition) is 4. The van der Waals surface area contributed by atoms with Gasteiger partial charge in [-0.15, -0.1) is 0 Å². The molecule has 1 aliphatic heterocycles. The monoisotopic (exact) mass is 292 g/mol. The number of methoxy groups -OCH3 is 1. The number of nitrogens with one attached hydrogen (secondary N) is 1. The zero-order chi connectivity index (χ0) is 15.2. The maximum absolute atomic E-state index is 11.9. The molecule has 1 fully saturated rings. The lowest BCUT2D eigenvalue weighted by atomic mass is 10.1. The number of phenols is 1. The molecule has 1 aromatic rings. The Morgan fingerprint density at radius 3 is 2.67 bits per heavy atom. The molecule has 6 heteroatoms. The third-order valence-corrected chi connectivity index (χ3v) is 3.53. The van der Waals surface area contributed by atoms with Crippen LogP contribution in [0.4, 0.5) is 0 Å². The number of aromatic hydroxyl groups is 1. The number of phenolic OH excluding ortho intramolecular Hbond substituents is 1. The lowest BCUT2D eigenvalue weighted by molar-refractivity contribution is -0.129. The Balaban J connectivity index is 1.83. The molecule has 1 heterocycles. The molecule has 6 nitrogen and oxygen atoms in total. The quantitative estimate of drug-likeness (QED) is 0.853. The van der Waals surface area contributed by atoms with E-state index in [4.69, 9.17) is 4.74 Å². The summed E-state index contributed by atoms with van der Waals surface area (Å²) in [5, 5.41) is 12.4. The molecule has 2 rings (SSSR count). The molecule has 0 saturated carbocycles. The van der Waals surface area contributed by atoms with Crippen LogP contribution in [0.25, 0.3) is 0 Å². The van der Waals surface area contributed by atoms with E-state index in [0.29, 0.717) is 5.75 Å². The van der Waals surface area contributed by atoms with Gasteiger partial charge in [0.25, 0.3) is 5.91 Å². The van der Waals surface area contributed by atoms with E-state index in [2.05, 4.69) is 5.32 Å². The normalized spacial score (nSPS) is 14.0. The maximum Gasteiger partial charge on any atom is 0.255 e. The zero-order valence-electron chi connectivity index (χ0n) is 12.1. The van der Waals surface area contributed by atoms with Gasteiger partial charge in [-0.05, 0) is 25.0 Å². The van der Waals surface area contributed by atoms with Crippen LogP contribution in [0.3, 0.4) is 0 Å². The second kappa shape index (κ2) is 6.97. The van der Waals surface area contributed by atoms with Crippen molar-refractivity contribution in [3.63, 3.8) is 0 Å². The number of ether oxygens (including phenoxy) is 1. The van der Waals surface area contributed by atoms with Crippen LogP contribution < -0.4 is 10.1 Å². The first-order chi connectivity index (χ1) is 10.1. The fraction of sp³-hybridized carbons (Fsp3) is 0.467. The molecule has 21 heavy (non-hydrogen) atoms. The van der Waals surface area contributed by atoms with Crippen LogP contribution in [-0.2, 0) is 4.79 Å². The van der Waals surface area contributed by atoms with Crippen molar-refractivity contribution < 1.29 is 19.4 Å². The Bertz CT molecular complexity index is 524. The van der Waals surface area contributed by atoms with Crippen molar-refractivity contribution in [2.45, 2.75) is 19.3 Å². The van der Waals surface area contributed by atoms with Gasteiger partial charge in [-0.25, -0.2) is 0 Å². The van der Waals surface area contributed by atoms with Gasteiger partial charge >= 0.3 is 0 Å². The van der Waals surface area contributed by atoms with Crippen LogP contribution in [0.2, 0.25) is 0 Å². The fourth-order valence-electron chi connectivity index (χ4n) is 2.33. The number of nitrogens with zero attached hydrogens (tertiary/aromatic N) is 1. The van der Waals surface area contributed by atoms with Gasteiger partial charge in [-0.2, -0.15) is 0 Å². The Labute approximate surface area is 123 Å². The standard InChI is InChI=1S/C15H20N2O4/c1-21-11-4-5-12(13(18)10-11)15(20)16-7-6-14(19)17-8-2-3-9-17/h4-5,10,18H,2-3,6-9H2,1H3,(H,16,20). The average molecular weight is 292 g/mol. The molecular formula is C15H20N2O4. The van der Waals surface area contributed by atoms with Crippen LogP contribution in [0, 0.1) is 0 Å². The molecule has 1 aromatic carbocycles. The minimum Gasteiger partial charge on any atom is -0.507 e. The van der Waals surface area contributed by atoms with Gasteiger partial charge in [0.05, 0.1) is 12.7 Å². The predicted octanol–water partition coefficient (Wildman–Crippen LogP) is 1.14. The van der Waals surface area contributed by atoms with E-state index < -0.39 is 5.91 Å². The molecule has 0 bridgehead atoms. The summed E-state index contributed by atoms with van der Waals surface area (Å²) in [6, 6.07) is 4.47. The van der Waals surface area contributed by atoms with Gasteiger partial charge in [0.2, 0.25) is 5.91 Å². The highest BCUT2D eigenvalue weighted by atomic mass is 16.5. The Morgan fingerprint density at radius 2 is 2.05 bits per heavy atom. The molecule has 1 aliphatic rings. The first-order valence-electron chi connectivity index (χ1n) is 7.05. The average Bonchev–Trinajstić information content (AvgIpc) is 3.01. The largest absolute Gasteiger partial charge is 0.507 e. The van der Waals surface area contributed by atoms with E-state index in [1.54, 1.807) is 6.07 Å². The number of amides is 2. The number of rotatable bonds is 5. The number of likely N-dealkylation sites (tertiary alicyclic amines) is 1. The first-order valence-corrected chi connectivity index (χ1v) is 7.05. The van der Waals surface area contributed by atoms with Crippen LogP contribution >= 0.6 is 0 Å². The van der Waals surface area contributed by atoms with Crippen molar-refractivity contribution in [2.24, 2.45) is 0 Å². The lowest BCUT2D eigenvalue weighted by Gasteiger charge is -2.15. The van der Waals surface area contributed by atoms with E-state index in [1.807, 2.05) is 4.90 Å². The Morgan fingerprint density at radius 1 is 1.33 bits per heavy atom. The highest BCUT2D eigenvalue weighted by Crippen LogP contribution is 2.23. The second-order valence-corrected chi connectivity index (χ2v) is 4.98. The van der Waals surface area contributed by atoms with Gasteiger partial charge in [0.1, 0.15) is 11.5 Å². The summed E-state index contributed by atoms with van der Waals surface area (Å²) in [5.74, 6) is 0.00195. The molecule has 1 saturated heterocycles. The van der Waals surface area contributed by atoms with E-state index in [9.17, 15) is 14.7 Å². The first kappa shape index (κ1) is 15.2. The third-order valence-electron chi connectivity index (χ3n) is 3.53. The predicted molar refractivity (Wildman–Crippen MR) is 77.4 cm³/mol. The van der Waals surface area contributed by atoms with Crippen molar-refractivity contribution in [3.05, 3.63) is 23.8 Å². The highest BCUT2D eigenvalue weighted by Gasteiger charge is 2.18. The molecule has 0 aliphatic carbocycles. The smallest absolute Gasteiger partial charge is 0.255 e. The molecule has 0 radical (unpaired) electrons. The number of hydrogen-bond donors (Lipinski definition) is 2. The van der Waals surface area contributed by atoms with E-state index in [1.165, 1.54) is 19.2 Å². The summed E-state index contributed by atoms with van der Waals surface area (Å²) in [6.07, 6.45) is 2.39. The van der Waals surface area contributed by atoms with Gasteiger partial charge < -0.3 is 20.1 Å². The third kappa shape index (κ3) is 3.87. The van der Waals surface area contributed by atoms with Crippen LogP contribution in [0.1, 0.15) is 29.6 Å². The van der Waals surface area contributed by atoms with E-state index in [0.717, 1.165) is 25.9 Å². The molecule has 2 N–H and O–H groups in total. The molecule has 0 atom stereocenters. The van der Waals surface area contributed by atoms with Gasteiger partial charge in [0, 0.05) is 32.1 Å². The van der Waals surface area contributed by atoms with E-state index in [-0.39, 0.29) is 30.2 Å². The van der Waals surface area contributed by atoms with Gasteiger partial charge in [-0.1, -0.05) is 0 Å². The summed E-state index contributed by atoms with van der Waals surface area (Å²) in [4.78, 5) is 25.6. The maximum atomic E-state index is 11.9. The summed E-state index contributed by atoms with van der Waals surface area (Å²) in [5.41, 5.74) is 0.171. The van der Waals surface area contributed by atoms with Crippen LogP contribution in [-0.4, -0.2) is 48.6 Å². The van der Waals surface area contributed by atoms with Crippen LogP contribution in [0.15, 0.2) is 18.2 Å². The molecule has 2 amide bonds. The molecule has 0 unspecified atom stereocenters. The SMILES string of the molecule is COc1ccc(C(=O)NCCC(=O)N2CCCC2)c(O)c1. The highest BCUT2D eigenvalue weighted by molar-refractivity contribution is 5.97. The summed E-state index contributed by atoms with van der Waals surface area (Å²) in [6.45, 7) is 1.89. The van der Waals surface area contributed by atoms with Crippen molar-refractivity contribution >= 4 is 11.8 Å². The van der Waals surface area contributed by atoms with Gasteiger partial charge in [-0.3, -0.25) is 9.59 Å². The molecule has 0 spiro atoms. The number of benzene rings is 1. The van der Waals surface area contributed by atoms with Crippen molar-refractivity contribution in [1.29, 1.82) is 0 Å². The van der Waals surface area contributed by atoms with E-state index >= 15 is 0 Å². The number of carbonyl (C=O) groups excluding carboxylic acids is 2. The summed E-state index contributed by atoms with van der Waals surface area (Å²) in [7, 11) is 1.48. The van der Waals surface area contributed by atoms with Crippen LogP contribution in [0.5, 0.6) is 11.5 Å². The lowest BCUT2D eigenvalue weighted by Crippen LogP contribution is -2.32. The summed E-state index contributed by atoms with van der Waals surface area (Å²) >= 11 is 0. The minimum absolute atomic E-state index is 0.0618. The van der Waals surface area contributed by atoms with Crippen molar-refractivity contribution in [3.8, 4) is 11.5 Å².